The highest BCUT2D eigenvalue weighted by Gasteiger charge is 2.08. The standard InChI is InChI=1S/C13H11IN2/c14-11-6-2-5-10-9-4-1-3-8(7-15)12(9)16-13(10)11/h1-6,16H,7,15H2. The van der Waals surface area contributed by atoms with E-state index in [2.05, 4.69) is 64.0 Å². The summed E-state index contributed by atoms with van der Waals surface area (Å²) in [4.78, 5) is 3.48. The summed E-state index contributed by atoms with van der Waals surface area (Å²) in [5, 5.41) is 2.54. The highest BCUT2D eigenvalue weighted by atomic mass is 127. The van der Waals surface area contributed by atoms with E-state index in [-0.39, 0.29) is 0 Å². The van der Waals surface area contributed by atoms with E-state index in [1.165, 1.54) is 30.9 Å². The Labute approximate surface area is 107 Å². The molecule has 0 bridgehead atoms. The summed E-state index contributed by atoms with van der Waals surface area (Å²) in [5.41, 5.74) is 9.30. The molecule has 1 aromatic heterocycles. The Morgan fingerprint density at radius 2 is 1.69 bits per heavy atom. The summed E-state index contributed by atoms with van der Waals surface area (Å²) >= 11 is 2.35. The van der Waals surface area contributed by atoms with Crippen LogP contribution in [0.4, 0.5) is 0 Å². The van der Waals surface area contributed by atoms with Crippen LogP contribution in [-0.4, -0.2) is 4.98 Å². The molecule has 0 amide bonds. The lowest BCUT2D eigenvalue weighted by Crippen LogP contribution is -1.96. The van der Waals surface area contributed by atoms with Gasteiger partial charge < -0.3 is 10.7 Å². The zero-order valence-corrected chi connectivity index (χ0v) is 10.8. The van der Waals surface area contributed by atoms with E-state index in [1.807, 2.05) is 0 Å². The smallest absolute Gasteiger partial charge is 0.0600 e. The van der Waals surface area contributed by atoms with Gasteiger partial charge in [0.1, 0.15) is 0 Å². The maximum Gasteiger partial charge on any atom is 0.0600 e. The van der Waals surface area contributed by atoms with Gasteiger partial charge in [-0.15, -0.1) is 0 Å². The number of nitrogens with one attached hydrogen (secondary N) is 1. The van der Waals surface area contributed by atoms with Crippen LogP contribution in [0.1, 0.15) is 5.56 Å². The first-order valence-corrected chi connectivity index (χ1v) is 6.27. The van der Waals surface area contributed by atoms with Crippen molar-refractivity contribution in [2.24, 2.45) is 5.73 Å². The van der Waals surface area contributed by atoms with E-state index >= 15 is 0 Å². The van der Waals surface area contributed by atoms with E-state index in [4.69, 9.17) is 5.73 Å². The van der Waals surface area contributed by atoms with Gasteiger partial charge in [0.05, 0.1) is 11.0 Å². The van der Waals surface area contributed by atoms with Gasteiger partial charge in [-0.3, -0.25) is 0 Å². The molecule has 0 atom stereocenters. The van der Waals surface area contributed by atoms with Gasteiger partial charge in [-0.2, -0.15) is 0 Å². The van der Waals surface area contributed by atoms with Crippen LogP contribution < -0.4 is 5.73 Å². The number of aromatic amines is 1. The van der Waals surface area contributed by atoms with Crippen molar-refractivity contribution in [3.63, 3.8) is 0 Å². The van der Waals surface area contributed by atoms with Gasteiger partial charge in [-0.05, 0) is 34.2 Å². The largest absolute Gasteiger partial charge is 0.353 e. The molecule has 0 aliphatic heterocycles. The monoisotopic (exact) mass is 322 g/mol. The quantitative estimate of drug-likeness (QED) is 0.663. The van der Waals surface area contributed by atoms with E-state index in [0.717, 1.165) is 0 Å². The van der Waals surface area contributed by atoms with Crippen LogP contribution in [0.5, 0.6) is 0 Å². The van der Waals surface area contributed by atoms with Gasteiger partial charge in [0, 0.05) is 20.9 Å². The van der Waals surface area contributed by atoms with E-state index in [1.54, 1.807) is 0 Å². The third-order valence-corrected chi connectivity index (χ3v) is 3.82. The number of aromatic nitrogens is 1. The number of halogens is 1. The van der Waals surface area contributed by atoms with Gasteiger partial charge in [-0.25, -0.2) is 0 Å². The first kappa shape index (κ1) is 10.1. The second-order valence-electron chi connectivity index (χ2n) is 3.83. The highest BCUT2D eigenvalue weighted by molar-refractivity contribution is 14.1. The molecule has 3 heteroatoms. The van der Waals surface area contributed by atoms with Crippen molar-refractivity contribution in [2.45, 2.75) is 6.54 Å². The lowest BCUT2D eigenvalue weighted by Gasteiger charge is -1.97. The molecule has 3 N–H and O–H groups in total. The van der Waals surface area contributed by atoms with Crippen molar-refractivity contribution in [3.8, 4) is 0 Å². The summed E-state index contributed by atoms with van der Waals surface area (Å²) in [6.45, 7) is 0.570. The second-order valence-corrected chi connectivity index (χ2v) is 4.99. The molecule has 0 fully saturated rings. The fourth-order valence-corrected chi connectivity index (χ4v) is 2.78. The van der Waals surface area contributed by atoms with Crippen molar-refractivity contribution in [1.82, 2.24) is 4.98 Å². The van der Waals surface area contributed by atoms with Crippen LogP contribution in [0.2, 0.25) is 0 Å². The zero-order chi connectivity index (χ0) is 11.1. The number of H-pyrrole nitrogens is 1. The molecule has 0 saturated heterocycles. The molecule has 3 aromatic rings. The van der Waals surface area contributed by atoms with Gasteiger partial charge in [0.25, 0.3) is 0 Å². The molecule has 3 rings (SSSR count). The third-order valence-electron chi connectivity index (χ3n) is 2.92. The molecule has 80 valence electrons. The topological polar surface area (TPSA) is 41.8 Å². The first-order chi connectivity index (χ1) is 7.81. The van der Waals surface area contributed by atoms with Gasteiger partial charge in [0.2, 0.25) is 0 Å². The summed E-state index contributed by atoms with van der Waals surface area (Å²) in [5.74, 6) is 0. The molecule has 0 aliphatic rings. The van der Waals surface area contributed by atoms with Crippen LogP contribution in [-0.2, 0) is 6.54 Å². The predicted molar refractivity (Wildman–Crippen MR) is 76.4 cm³/mol. The average Bonchev–Trinajstić information content (AvgIpc) is 2.69. The lowest BCUT2D eigenvalue weighted by molar-refractivity contribution is 1.08. The number of nitrogens with two attached hydrogens (primary N) is 1. The van der Waals surface area contributed by atoms with Crippen LogP contribution >= 0.6 is 22.6 Å². The molecule has 0 unspecified atom stereocenters. The van der Waals surface area contributed by atoms with E-state index in [0.29, 0.717) is 6.54 Å². The van der Waals surface area contributed by atoms with E-state index < -0.39 is 0 Å². The summed E-state index contributed by atoms with van der Waals surface area (Å²) in [6.07, 6.45) is 0. The Kier molecular flexibility index (Phi) is 2.37. The van der Waals surface area contributed by atoms with Crippen molar-refractivity contribution in [3.05, 3.63) is 45.5 Å². The fourth-order valence-electron chi connectivity index (χ4n) is 2.14. The molecule has 2 aromatic carbocycles. The number of hydrogen-bond acceptors (Lipinski definition) is 1. The van der Waals surface area contributed by atoms with E-state index in [9.17, 15) is 0 Å². The van der Waals surface area contributed by atoms with Gasteiger partial charge >= 0.3 is 0 Å². The highest BCUT2D eigenvalue weighted by Crippen LogP contribution is 2.29. The Morgan fingerprint density at radius 3 is 2.44 bits per heavy atom. The lowest BCUT2D eigenvalue weighted by atomic mass is 10.1. The molecule has 0 spiro atoms. The molecular formula is C13H11IN2. The predicted octanol–water partition coefficient (Wildman–Crippen LogP) is 3.38. The van der Waals surface area contributed by atoms with Crippen molar-refractivity contribution < 1.29 is 0 Å². The van der Waals surface area contributed by atoms with Gasteiger partial charge in [0.15, 0.2) is 0 Å². The van der Waals surface area contributed by atoms with Crippen LogP contribution in [0.3, 0.4) is 0 Å². The van der Waals surface area contributed by atoms with Gasteiger partial charge in [-0.1, -0.05) is 30.3 Å². The third kappa shape index (κ3) is 1.35. The first-order valence-electron chi connectivity index (χ1n) is 5.19. The molecule has 0 saturated carbocycles. The SMILES string of the molecule is NCc1cccc2c1[nH]c1c(I)cccc12. The zero-order valence-electron chi connectivity index (χ0n) is 8.63. The van der Waals surface area contributed by atoms with Crippen LogP contribution in [0.25, 0.3) is 21.8 Å². The fraction of sp³-hybridized carbons (Fsp3) is 0.0769. The molecular weight excluding hydrogens is 311 g/mol. The minimum Gasteiger partial charge on any atom is -0.353 e. The molecule has 0 aliphatic carbocycles. The van der Waals surface area contributed by atoms with Crippen molar-refractivity contribution in [2.75, 3.05) is 0 Å². The number of fused-ring (bicyclic) bond motifs is 3. The Morgan fingerprint density at radius 1 is 1.00 bits per heavy atom. The Hall–Kier alpha value is -1.07. The molecule has 2 nitrogen and oxygen atoms in total. The summed E-state index contributed by atoms with van der Waals surface area (Å²) < 4.78 is 1.24. The maximum absolute atomic E-state index is 5.75. The maximum atomic E-state index is 5.75. The minimum atomic E-state index is 0.570. The number of rotatable bonds is 1. The number of para-hydroxylation sites is 2. The Bertz CT molecular complexity index is 670. The summed E-state index contributed by atoms with van der Waals surface area (Å²) in [6, 6.07) is 12.6. The average molecular weight is 322 g/mol. The molecule has 0 radical (unpaired) electrons. The van der Waals surface area contributed by atoms with Crippen molar-refractivity contribution >= 4 is 44.4 Å². The number of hydrogen-bond donors (Lipinski definition) is 2. The minimum absolute atomic E-state index is 0.570. The number of benzene rings is 2. The van der Waals surface area contributed by atoms with Crippen molar-refractivity contribution in [1.29, 1.82) is 0 Å². The normalized spacial score (nSPS) is 11.4. The summed E-state index contributed by atoms with van der Waals surface area (Å²) in [7, 11) is 0. The second kappa shape index (κ2) is 3.75. The Balaban J connectivity index is 2.55. The molecule has 16 heavy (non-hydrogen) atoms. The van der Waals surface area contributed by atoms with Crippen LogP contribution in [0.15, 0.2) is 36.4 Å². The molecule has 1 heterocycles. The van der Waals surface area contributed by atoms with Crippen LogP contribution in [0, 0.1) is 3.57 Å².